The molecule has 90 valence electrons. The standard InChI is InChI=1S/C10H13BF3O2/c1-2-16-10(15)8-6-3-4-7(5-6)9(8)11(12,13)14/h3-4,6-9H,2,5H2,1H3/q-1/t6-,7+,8+,9+/m0/s1. The molecule has 2 rings (SSSR count). The van der Waals surface area contributed by atoms with Crippen molar-refractivity contribution in [3.8, 4) is 0 Å². The van der Waals surface area contributed by atoms with Gasteiger partial charge in [0.15, 0.2) is 0 Å². The second-order valence-electron chi connectivity index (χ2n) is 4.43. The van der Waals surface area contributed by atoms with Crippen LogP contribution in [0.1, 0.15) is 13.3 Å². The highest BCUT2D eigenvalue weighted by atomic mass is 19.4. The van der Waals surface area contributed by atoms with Gasteiger partial charge in [0.2, 0.25) is 0 Å². The molecule has 6 heteroatoms. The summed E-state index contributed by atoms with van der Waals surface area (Å²) in [6.45, 7) is -3.24. The quantitative estimate of drug-likeness (QED) is 0.425. The number of rotatable bonds is 3. The topological polar surface area (TPSA) is 26.3 Å². The highest BCUT2D eigenvalue weighted by Crippen LogP contribution is 2.56. The molecule has 2 aliphatic carbocycles. The zero-order valence-corrected chi connectivity index (χ0v) is 8.91. The van der Waals surface area contributed by atoms with Gasteiger partial charge in [0.25, 0.3) is 0 Å². The fourth-order valence-electron chi connectivity index (χ4n) is 2.95. The van der Waals surface area contributed by atoms with E-state index < -0.39 is 30.6 Å². The van der Waals surface area contributed by atoms with Crippen molar-refractivity contribution in [1.29, 1.82) is 0 Å². The third-order valence-electron chi connectivity index (χ3n) is 3.52. The van der Waals surface area contributed by atoms with Crippen molar-refractivity contribution < 1.29 is 22.5 Å². The van der Waals surface area contributed by atoms with Crippen molar-refractivity contribution in [1.82, 2.24) is 0 Å². The number of ether oxygens (including phenoxy) is 1. The number of carbonyl (C=O) groups excluding carboxylic acids is 1. The van der Waals surface area contributed by atoms with Gasteiger partial charge >= 0.3 is 12.9 Å². The molecule has 1 fully saturated rings. The number of halogens is 3. The van der Waals surface area contributed by atoms with Gasteiger partial charge in [-0.05, 0) is 25.2 Å². The van der Waals surface area contributed by atoms with Crippen LogP contribution in [0.15, 0.2) is 12.2 Å². The largest absolute Gasteiger partial charge is 0.482 e. The van der Waals surface area contributed by atoms with Crippen LogP contribution < -0.4 is 0 Å². The molecule has 0 aliphatic heterocycles. The minimum atomic E-state index is -4.98. The smallest absolute Gasteiger partial charge is 0.466 e. The van der Waals surface area contributed by atoms with E-state index in [1.165, 1.54) is 0 Å². The second kappa shape index (κ2) is 3.82. The summed E-state index contributed by atoms with van der Waals surface area (Å²) in [5, 5.41) is 0. The van der Waals surface area contributed by atoms with Crippen LogP contribution in [-0.4, -0.2) is 19.6 Å². The van der Waals surface area contributed by atoms with E-state index in [0.717, 1.165) is 0 Å². The van der Waals surface area contributed by atoms with Crippen molar-refractivity contribution in [3.63, 3.8) is 0 Å². The summed E-state index contributed by atoms with van der Waals surface area (Å²) in [6, 6.07) is 0. The Morgan fingerprint density at radius 3 is 2.56 bits per heavy atom. The summed E-state index contributed by atoms with van der Waals surface area (Å²) in [4.78, 5) is 11.5. The van der Waals surface area contributed by atoms with Gasteiger partial charge in [-0.3, -0.25) is 4.79 Å². The Morgan fingerprint density at radius 2 is 2.00 bits per heavy atom. The first-order valence-corrected chi connectivity index (χ1v) is 5.50. The Balaban J connectivity index is 2.22. The molecule has 0 heterocycles. The van der Waals surface area contributed by atoms with Crippen molar-refractivity contribution in [2.45, 2.75) is 19.2 Å². The van der Waals surface area contributed by atoms with Gasteiger partial charge in [0, 0.05) is 5.92 Å². The number of hydrogen-bond acceptors (Lipinski definition) is 2. The molecule has 0 aromatic heterocycles. The average molecular weight is 233 g/mol. The first-order valence-electron chi connectivity index (χ1n) is 5.50. The molecule has 0 spiro atoms. The highest BCUT2D eigenvalue weighted by molar-refractivity contribution is 6.61. The third-order valence-corrected chi connectivity index (χ3v) is 3.52. The van der Waals surface area contributed by atoms with E-state index in [1.54, 1.807) is 19.1 Å². The van der Waals surface area contributed by atoms with Gasteiger partial charge in [-0.2, -0.15) is 0 Å². The van der Waals surface area contributed by atoms with E-state index in [0.29, 0.717) is 6.42 Å². The van der Waals surface area contributed by atoms with E-state index in [4.69, 9.17) is 4.74 Å². The lowest BCUT2D eigenvalue weighted by Crippen LogP contribution is -2.37. The van der Waals surface area contributed by atoms with Crippen LogP contribution in [0.3, 0.4) is 0 Å². The van der Waals surface area contributed by atoms with Gasteiger partial charge in [0.05, 0.1) is 6.61 Å². The molecule has 0 aromatic carbocycles. The van der Waals surface area contributed by atoms with Crippen molar-refractivity contribution in [3.05, 3.63) is 12.2 Å². The summed E-state index contributed by atoms with van der Waals surface area (Å²) in [7, 11) is 0. The Kier molecular flexibility index (Phi) is 2.76. The molecule has 1 saturated carbocycles. The van der Waals surface area contributed by atoms with Crippen molar-refractivity contribution in [2.24, 2.45) is 17.8 Å². The fraction of sp³-hybridized carbons (Fsp3) is 0.700. The Morgan fingerprint density at radius 1 is 1.38 bits per heavy atom. The predicted octanol–water partition coefficient (Wildman–Crippen LogP) is 2.59. The molecule has 16 heavy (non-hydrogen) atoms. The molecule has 2 nitrogen and oxygen atoms in total. The van der Waals surface area contributed by atoms with E-state index in [1.807, 2.05) is 0 Å². The van der Waals surface area contributed by atoms with Crippen LogP contribution in [0.4, 0.5) is 12.9 Å². The molecule has 4 atom stereocenters. The number of esters is 1. The van der Waals surface area contributed by atoms with Gasteiger partial charge in [-0.15, -0.1) is 0 Å². The molecule has 0 N–H and O–H groups in total. The third kappa shape index (κ3) is 1.74. The van der Waals surface area contributed by atoms with Gasteiger partial charge in [-0.1, -0.05) is 18.0 Å². The van der Waals surface area contributed by atoms with Crippen LogP contribution in [0.2, 0.25) is 5.82 Å². The maximum atomic E-state index is 12.9. The predicted molar refractivity (Wildman–Crippen MR) is 53.7 cm³/mol. The Bertz CT molecular complexity index is 327. The maximum absolute atomic E-state index is 12.9. The summed E-state index contributed by atoms with van der Waals surface area (Å²) < 4.78 is 43.4. The van der Waals surface area contributed by atoms with Crippen LogP contribution in [-0.2, 0) is 9.53 Å². The fourth-order valence-corrected chi connectivity index (χ4v) is 2.95. The van der Waals surface area contributed by atoms with Crippen molar-refractivity contribution >= 4 is 12.9 Å². The zero-order valence-electron chi connectivity index (χ0n) is 8.91. The highest BCUT2D eigenvalue weighted by Gasteiger charge is 2.56. The minimum Gasteiger partial charge on any atom is -0.466 e. The first-order chi connectivity index (χ1) is 7.45. The maximum Gasteiger partial charge on any atom is 0.482 e. The van der Waals surface area contributed by atoms with Crippen molar-refractivity contribution in [2.75, 3.05) is 6.61 Å². The zero-order chi connectivity index (χ0) is 11.9. The molecule has 0 unspecified atom stereocenters. The second-order valence-corrected chi connectivity index (χ2v) is 4.43. The van der Waals surface area contributed by atoms with E-state index in [2.05, 4.69) is 0 Å². The summed E-state index contributed by atoms with van der Waals surface area (Å²) in [5.41, 5.74) is 0. The number of allylic oxidation sites excluding steroid dienone is 2. The SMILES string of the molecule is CCOC(=O)[C@H]1[C@H]([B-](F)(F)F)[C@@H]2C=C[C@H]1C2. The summed E-state index contributed by atoms with van der Waals surface area (Å²) >= 11 is 0. The molecule has 0 saturated heterocycles. The molecular formula is C10H13BF3O2-. The average Bonchev–Trinajstić information content (AvgIpc) is 2.74. The van der Waals surface area contributed by atoms with Gasteiger partial charge < -0.3 is 17.7 Å². The summed E-state index contributed by atoms with van der Waals surface area (Å²) in [5.74, 6) is -3.98. The van der Waals surface area contributed by atoms with E-state index in [9.17, 15) is 17.7 Å². The summed E-state index contributed by atoms with van der Waals surface area (Å²) in [6.07, 6.45) is 3.76. The normalized spacial score (nSPS) is 36.8. The van der Waals surface area contributed by atoms with Gasteiger partial charge in [-0.25, -0.2) is 0 Å². The number of fused-ring (bicyclic) bond motifs is 2. The lowest BCUT2D eigenvalue weighted by Gasteiger charge is -2.33. The number of hydrogen-bond donors (Lipinski definition) is 0. The van der Waals surface area contributed by atoms with Crippen LogP contribution in [0, 0.1) is 17.8 Å². The minimum absolute atomic E-state index is 0.133. The van der Waals surface area contributed by atoms with Crippen LogP contribution >= 0.6 is 0 Å². The molecule has 0 amide bonds. The molecule has 0 aromatic rings. The molecular weight excluding hydrogens is 220 g/mol. The molecule has 0 radical (unpaired) electrons. The van der Waals surface area contributed by atoms with Crippen LogP contribution in [0.25, 0.3) is 0 Å². The lowest BCUT2D eigenvalue weighted by atomic mass is 9.61. The molecule has 2 bridgehead atoms. The number of carbonyl (C=O) groups is 1. The van der Waals surface area contributed by atoms with E-state index >= 15 is 0 Å². The van der Waals surface area contributed by atoms with Gasteiger partial charge in [0.1, 0.15) is 0 Å². The lowest BCUT2D eigenvalue weighted by molar-refractivity contribution is -0.149. The Hall–Kier alpha value is -0.935. The monoisotopic (exact) mass is 233 g/mol. The Labute approximate surface area is 91.9 Å². The van der Waals surface area contributed by atoms with Crippen LogP contribution in [0.5, 0.6) is 0 Å². The van der Waals surface area contributed by atoms with E-state index in [-0.39, 0.29) is 12.5 Å². The first kappa shape index (κ1) is 11.5. The molecule has 2 aliphatic rings.